The van der Waals surface area contributed by atoms with Gasteiger partial charge in [0.25, 0.3) is 5.91 Å². The highest BCUT2D eigenvalue weighted by atomic mass is 16.5. The molecule has 2 aliphatic heterocycles. The maximum absolute atomic E-state index is 12.6. The molecular weight excluding hydrogens is 308 g/mol. The van der Waals surface area contributed by atoms with E-state index in [4.69, 9.17) is 9.15 Å². The van der Waals surface area contributed by atoms with Gasteiger partial charge in [-0.15, -0.1) is 0 Å². The zero-order valence-electron chi connectivity index (χ0n) is 14.7. The molecule has 6 heteroatoms. The minimum Gasteiger partial charge on any atom is -0.456 e. The number of nitrogens with zero attached hydrogens (tertiary/aromatic N) is 2. The van der Waals surface area contributed by atoms with Crippen LogP contribution in [0, 0.1) is 18.3 Å². The first-order valence-electron chi connectivity index (χ1n) is 8.64. The summed E-state index contributed by atoms with van der Waals surface area (Å²) in [7, 11) is 1.65. The molecule has 2 saturated heterocycles. The molecule has 0 aromatic carbocycles. The van der Waals surface area contributed by atoms with E-state index in [-0.39, 0.29) is 23.1 Å². The molecule has 0 N–H and O–H groups in total. The van der Waals surface area contributed by atoms with Crippen LogP contribution in [0.4, 0.5) is 0 Å². The molecule has 0 unspecified atom stereocenters. The van der Waals surface area contributed by atoms with Crippen molar-refractivity contribution in [3.63, 3.8) is 0 Å². The number of furan rings is 1. The number of ether oxygens (including phenoxy) is 1. The maximum Gasteiger partial charge on any atom is 0.289 e. The molecule has 1 aromatic rings. The summed E-state index contributed by atoms with van der Waals surface area (Å²) in [6.45, 7) is 7.13. The summed E-state index contributed by atoms with van der Waals surface area (Å²) in [6.07, 6.45) is 1.66. The lowest BCUT2D eigenvalue weighted by Crippen LogP contribution is -2.47. The number of methoxy groups -OCH3 is 1. The van der Waals surface area contributed by atoms with E-state index in [0.29, 0.717) is 25.5 Å². The van der Waals surface area contributed by atoms with Crippen molar-refractivity contribution in [1.82, 2.24) is 9.80 Å². The molecule has 3 heterocycles. The first-order chi connectivity index (χ1) is 11.5. The molecule has 24 heavy (non-hydrogen) atoms. The van der Waals surface area contributed by atoms with E-state index in [2.05, 4.69) is 0 Å². The van der Waals surface area contributed by atoms with E-state index in [1.807, 2.05) is 29.7 Å². The lowest BCUT2D eigenvalue weighted by atomic mass is 9.71. The van der Waals surface area contributed by atoms with Crippen molar-refractivity contribution in [2.75, 3.05) is 39.9 Å². The Bertz CT molecular complexity index is 616. The Labute approximate surface area is 142 Å². The number of hydrogen-bond donors (Lipinski definition) is 0. The average molecular weight is 334 g/mol. The van der Waals surface area contributed by atoms with Gasteiger partial charge in [-0.05, 0) is 38.8 Å². The fraction of sp³-hybridized carbons (Fsp3) is 0.667. The van der Waals surface area contributed by atoms with Gasteiger partial charge in [0.2, 0.25) is 5.91 Å². The number of carbonyl (C=O) groups is 2. The molecule has 6 nitrogen and oxygen atoms in total. The average Bonchev–Trinajstić information content (AvgIpc) is 3.12. The molecule has 2 amide bonds. The summed E-state index contributed by atoms with van der Waals surface area (Å²) in [6, 6.07) is 3.54. The van der Waals surface area contributed by atoms with Gasteiger partial charge in [-0.3, -0.25) is 9.59 Å². The third-order valence-electron chi connectivity index (χ3n) is 5.57. The second-order valence-corrected chi connectivity index (χ2v) is 6.93. The van der Waals surface area contributed by atoms with Crippen molar-refractivity contribution in [3.8, 4) is 0 Å². The fourth-order valence-electron chi connectivity index (χ4n) is 4.10. The van der Waals surface area contributed by atoms with Crippen LogP contribution < -0.4 is 0 Å². The first kappa shape index (κ1) is 17.0. The van der Waals surface area contributed by atoms with Gasteiger partial charge in [-0.2, -0.15) is 0 Å². The number of carbonyl (C=O) groups excluding carboxylic acids is 2. The van der Waals surface area contributed by atoms with E-state index in [1.165, 1.54) is 0 Å². The van der Waals surface area contributed by atoms with Crippen LogP contribution in [0.25, 0.3) is 0 Å². The SMILES string of the molecule is CCN1CC2(CCN(C(=O)c3ccc(C)o3)CC2)[C@@H](COC)C1=O. The van der Waals surface area contributed by atoms with Crippen molar-refractivity contribution >= 4 is 11.8 Å². The van der Waals surface area contributed by atoms with Crippen molar-refractivity contribution in [2.24, 2.45) is 11.3 Å². The minimum absolute atomic E-state index is 0.0575. The second kappa shape index (κ2) is 6.59. The van der Waals surface area contributed by atoms with Crippen LogP contribution in [0.2, 0.25) is 0 Å². The monoisotopic (exact) mass is 334 g/mol. The topological polar surface area (TPSA) is 63.0 Å². The zero-order chi connectivity index (χ0) is 17.3. The summed E-state index contributed by atoms with van der Waals surface area (Å²) in [4.78, 5) is 28.9. The molecule has 1 spiro atoms. The van der Waals surface area contributed by atoms with Crippen LogP contribution in [-0.4, -0.2) is 61.5 Å². The van der Waals surface area contributed by atoms with Gasteiger partial charge in [-0.1, -0.05) is 0 Å². The Kier molecular flexibility index (Phi) is 4.67. The number of aryl methyl sites for hydroxylation is 1. The molecule has 1 aromatic heterocycles. The van der Waals surface area contributed by atoms with Crippen molar-refractivity contribution < 1.29 is 18.7 Å². The van der Waals surface area contributed by atoms with Crippen LogP contribution in [0.15, 0.2) is 16.5 Å². The number of rotatable bonds is 4. The highest BCUT2D eigenvalue weighted by molar-refractivity contribution is 5.91. The van der Waals surface area contributed by atoms with Gasteiger partial charge in [0.15, 0.2) is 5.76 Å². The Morgan fingerprint density at radius 3 is 2.62 bits per heavy atom. The highest BCUT2D eigenvalue weighted by Crippen LogP contribution is 2.45. The zero-order valence-corrected chi connectivity index (χ0v) is 14.7. The summed E-state index contributed by atoms with van der Waals surface area (Å²) in [5, 5.41) is 0. The van der Waals surface area contributed by atoms with E-state index in [1.54, 1.807) is 13.2 Å². The largest absolute Gasteiger partial charge is 0.456 e. The first-order valence-corrected chi connectivity index (χ1v) is 8.64. The lowest BCUT2D eigenvalue weighted by molar-refractivity contribution is -0.133. The predicted octanol–water partition coefficient (Wildman–Crippen LogP) is 1.94. The molecular formula is C18H26N2O4. The predicted molar refractivity (Wildman–Crippen MR) is 88.6 cm³/mol. The number of piperidine rings is 1. The molecule has 2 fully saturated rings. The maximum atomic E-state index is 12.6. The van der Waals surface area contributed by atoms with Gasteiger partial charge < -0.3 is 19.0 Å². The van der Waals surface area contributed by atoms with Crippen molar-refractivity contribution in [1.29, 1.82) is 0 Å². The third-order valence-corrected chi connectivity index (χ3v) is 5.57. The molecule has 1 atom stereocenters. The standard InChI is InChI=1S/C18H26N2O4/c1-4-19-12-18(14(11-23-3)16(19)21)7-9-20(10-8-18)17(22)15-6-5-13(2)24-15/h5-6,14H,4,7-12H2,1-3H3/t14-/m0/s1. The van der Waals surface area contributed by atoms with Gasteiger partial charge in [0.1, 0.15) is 5.76 Å². The second-order valence-electron chi connectivity index (χ2n) is 6.93. The fourth-order valence-corrected chi connectivity index (χ4v) is 4.10. The van der Waals surface area contributed by atoms with Gasteiger partial charge >= 0.3 is 0 Å². The molecule has 3 rings (SSSR count). The van der Waals surface area contributed by atoms with Crippen LogP contribution in [0.1, 0.15) is 36.1 Å². The molecule has 0 bridgehead atoms. The Morgan fingerprint density at radius 2 is 2.08 bits per heavy atom. The molecule has 0 radical (unpaired) electrons. The third kappa shape index (κ3) is 2.83. The highest BCUT2D eigenvalue weighted by Gasteiger charge is 2.52. The van der Waals surface area contributed by atoms with E-state index in [0.717, 1.165) is 31.7 Å². The Hall–Kier alpha value is -1.82. The summed E-state index contributed by atoms with van der Waals surface area (Å²) in [5.74, 6) is 1.19. The molecule has 0 aliphatic carbocycles. The summed E-state index contributed by atoms with van der Waals surface area (Å²) < 4.78 is 10.8. The summed E-state index contributed by atoms with van der Waals surface area (Å²) >= 11 is 0. The number of likely N-dealkylation sites (tertiary alicyclic amines) is 2. The summed E-state index contributed by atoms with van der Waals surface area (Å²) in [5.41, 5.74) is -0.0705. The van der Waals surface area contributed by atoms with E-state index in [9.17, 15) is 9.59 Å². The lowest BCUT2D eigenvalue weighted by Gasteiger charge is -2.41. The van der Waals surface area contributed by atoms with Gasteiger partial charge in [-0.25, -0.2) is 0 Å². The normalized spacial score (nSPS) is 23.3. The number of amides is 2. The Balaban J connectivity index is 1.71. The molecule has 132 valence electrons. The van der Waals surface area contributed by atoms with Gasteiger partial charge in [0.05, 0.1) is 12.5 Å². The Morgan fingerprint density at radius 1 is 1.38 bits per heavy atom. The van der Waals surface area contributed by atoms with Crippen LogP contribution in [0.5, 0.6) is 0 Å². The van der Waals surface area contributed by atoms with E-state index < -0.39 is 0 Å². The molecule has 0 saturated carbocycles. The minimum atomic E-state index is -0.0921. The number of hydrogen-bond acceptors (Lipinski definition) is 4. The van der Waals surface area contributed by atoms with Crippen LogP contribution in [0.3, 0.4) is 0 Å². The van der Waals surface area contributed by atoms with Gasteiger partial charge in [0, 0.05) is 38.7 Å². The van der Waals surface area contributed by atoms with Crippen LogP contribution >= 0.6 is 0 Å². The van der Waals surface area contributed by atoms with Crippen molar-refractivity contribution in [2.45, 2.75) is 26.7 Å². The van der Waals surface area contributed by atoms with Crippen molar-refractivity contribution in [3.05, 3.63) is 23.7 Å². The quantitative estimate of drug-likeness (QED) is 0.844. The molecule has 2 aliphatic rings. The van der Waals surface area contributed by atoms with E-state index >= 15 is 0 Å². The van der Waals surface area contributed by atoms with Crippen LogP contribution in [-0.2, 0) is 9.53 Å². The smallest absolute Gasteiger partial charge is 0.289 e.